The van der Waals surface area contributed by atoms with Gasteiger partial charge in [0, 0.05) is 235 Å². The lowest BCUT2D eigenvalue weighted by Gasteiger charge is -2.34. The number of hydrogen-bond donors (Lipinski definition) is 7. The zero-order valence-electron chi connectivity index (χ0n) is 75.2. The topological polar surface area (TPSA) is 361 Å². The predicted octanol–water partition coefficient (Wildman–Crippen LogP) is 15.8. The van der Waals surface area contributed by atoms with Gasteiger partial charge in [0.05, 0.1) is 50.3 Å². The second kappa shape index (κ2) is 43.1. The Bertz CT molecular complexity index is 6440. The number of hydrogen-bond acceptors (Lipinski definition) is 31. The fourth-order valence-electron chi connectivity index (χ4n) is 15.9. The first-order valence-electron chi connectivity index (χ1n) is 44.1. The molecule has 9 N–H and O–H groups in total. The number of para-hydroxylation sites is 4. The molecule has 0 bridgehead atoms. The number of phenolic OH excluding ortho intramolecular Hbond substituents is 1. The second-order valence-electron chi connectivity index (χ2n) is 32.9. The van der Waals surface area contributed by atoms with Crippen molar-refractivity contribution in [3.8, 4) is 17.5 Å². The number of carbonyl (C=O) groups is 3. The average molecular weight is 1830 g/mol. The maximum absolute atomic E-state index is 13.6. The van der Waals surface area contributed by atoms with Gasteiger partial charge in [0.2, 0.25) is 29.6 Å². The van der Waals surface area contributed by atoms with Gasteiger partial charge in [0.1, 0.15) is 11.3 Å². The number of amides is 3. The molecular weight excluding hydrogens is 1730 g/mol. The van der Waals surface area contributed by atoms with Gasteiger partial charge in [-0.05, 0) is 216 Å². The number of isothiocyanates is 1. The number of fused-ring (bicyclic) bond motifs is 4. The molecule has 14 aromatic rings. The van der Waals surface area contributed by atoms with E-state index in [1.807, 2.05) is 136 Å². The van der Waals surface area contributed by atoms with Crippen LogP contribution in [0.4, 0.5) is 97.8 Å². The lowest BCUT2D eigenvalue weighted by Crippen LogP contribution is -2.44. The van der Waals surface area contributed by atoms with E-state index in [2.05, 4.69) is 158 Å². The van der Waals surface area contributed by atoms with Crippen molar-refractivity contribution in [1.82, 2.24) is 59.6 Å². The molecule has 12 heterocycles. The first-order chi connectivity index (χ1) is 65.1. The fourth-order valence-corrected chi connectivity index (χ4v) is 16.2. The number of oxazole rings is 1. The van der Waals surface area contributed by atoms with Crippen molar-refractivity contribution in [3.63, 3.8) is 0 Å². The molecule has 34 heteroatoms. The first kappa shape index (κ1) is 91.8. The van der Waals surface area contributed by atoms with Crippen LogP contribution in [0.1, 0.15) is 64.8 Å². The summed E-state index contributed by atoms with van der Waals surface area (Å²) >= 11 is 9.61. The normalized spacial score (nSPS) is 14.8. The minimum Gasteiger partial charge on any atom is -0.506 e. The molecule has 3 amide bonds. The molecule has 20 rings (SSSR count). The number of nitrogens with two attached hydrogens (primary N) is 2. The molecule has 3 fully saturated rings. The Hall–Kier alpha value is -15.5. The molecule has 0 unspecified atom stereocenters. The summed E-state index contributed by atoms with van der Waals surface area (Å²) in [7, 11) is 6.48. The van der Waals surface area contributed by atoms with Gasteiger partial charge in [-0.15, -0.1) is 0 Å². The van der Waals surface area contributed by atoms with Crippen molar-refractivity contribution >= 4 is 161 Å². The number of thiocarbonyl (C=S) groups is 2. The van der Waals surface area contributed by atoms with Crippen molar-refractivity contribution in [2.75, 3.05) is 181 Å². The second-order valence-corrected chi connectivity index (χ2v) is 33.4. The van der Waals surface area contributed by atoms with Gasteiger partial charge in [-0.2, -0.15) is 9.98 Å². The van der Waals surface area contributed by atoms with E-state index in [0.717, 1.165) is 158 Å². The number of benzene rings is 8. The van der Waals surface area contributed by atoms with Crippen molar-refractivity contribution in [1.29, 1.82) is 0 Å². The highest BCUT2D eigenvalue weighted by Gasteiger charge is 2.33. The third kappa shape index (κ3) is 23.3. The Morgan fingerprint density at radius 3 is 1.22 bits per heavy atom. The molecule has 3 saturated heterocycles. The summed E-state index contributed by atoms with van der Waals surface area (Å²) < 4.78 is 16.2. The van der Waals surface area contributed by atoms with Crippen LogP contribution in [-0.2, 0) is 19.3 Å². The minimum atomic E-state index is -0.110. The molecule has 682 valence electrons. The van der Waals surface area contributed by atoms with Crippen LogP contribution in [-0.4, -0.2) is 212 Å². The number of piperazine rings is 3. The van der Waals surface area contributed by atoms with Crippen LogP contribution in [0.25, 0.3) is 11.1 Å². The van der Waals surface area contributed by atoms with Crippen LogP contribution in [0.5, 0.6) is 17.5 Å². The number of nitrogen functional groups attached to an aromatic ring is 2. The number of aromatic nitrogens is 9. The molecule has 0 radical (unpaired) electrons. The summed E-state index contributed by atoms with van der Waals surface area (Å²) in [5.74, 6) is 2.10. The van der Waals surface area contributed by atoms with E-state index in [9.17, 15) is 14.4 Å². The summed E-state index contributed by atoms with van der Waals surface area (Å²) in [6.07, 6.45) is 10.0. The van der Waals surface area contributed by atoms with Gasteiger partial charge in [-0.25, -0.2) is 39.9 Å². The molecule has 6 aliphatic heterocycles. The SMILES string of the molecule is Cc1ccc(N)cc1N1CCc2nc(Nc3ccc(N4CCN(C)CC4)cc3)ncc2C1=O.Cc1ccc(N=C=S)cc1N1CCc2nc(Nc3ccc(N4CCN(C)CC4)cc3)ncc2C1=O.Cc1ccc(Nc2nc3ccccc3o2)cc1N1CCc2nc(Nc3ccc(N4CCN(C)CC4)cc3)ncc2C1=O.Nc1ccccc1O.S=C(Oc1ccccn1)Oc1ccccn1. The molecule has 0 saturated carbocycles. The first-order valence-corrected chi connectivity index (χ1v) is 44.9. The van der Waals surface area contributed by atoms with Crippen LogP contribution in [0, 0.1) is 20.8 Å². The highest BCUT2D eigenvalue weighted by Crippen LogP contribution is 2.36. The van der Waals surface area contributed by atoms with E-state index >= 15 is 0 Å². The van der Waals surface area contributed by atoms with E-state index in [0.29, 0.717) is 114 Å². The number of ether oxygens (including phenoxy) is 2. The minimum absolute atomic E-state index is 0.0302. The number of aliphatic imine (C=N–C) groups is 1. The zero-order chi connectivity index (χ0) is 93.1. The number of phenols is 1. The molecule has 6 aliphatic rings. The van der Waals surface area contributed by atoms with E-state index in [4.69, 9.17) is 59.9 Å². The lowest BCUT2D eigenvalue weighted by atomic mass is 10.0. The quantitative estimate of drug-likeness (QED) is 0.0193. The van der Waals surface area contributed by atoms with Crippen LogP contribution in [0.3, 0.4) is 0 Å². The Balaban J connectivity index is 0.000000131. The molecule has 8 aromatic carbocycles. The lowest BCUT2D eigenvalue weighted by molar-refractivity contribution is 0.0971. The number of pyridine rings is 2. The summed E-state index contributed by atoms with van der Waals surface area (Å²) in [5.41, 5.74) is 31.0. The van der Waals surface area contributed by atoms with Crippen molar-refractivity contribution < 1.29 is 33.4 Å². The predicted molar refractivity (Wildman–Crippen MR) is 535 cm³/mol. The molecular formula is C100H103N25O7S2. The summed E-state index contributed by atoms with van der Waals surface area (Å²) in [5, 5.41) is 24.2. The zero-order valence-corrected chi connectivity index (χ0v) is 76.8. The highest BCUT2D eigenvalue weighted by atomic mass is 32.1. The Kier molecular flexibility index (Phi) is 29.5. The smallest absolute Gasteiger partial charge is 0.366 e. The van der Waals surface area contributed by atoms with Gasteiger partial charge < -0.3 is 95.8 Å². The number of rotatable bonds is 17. The number of aryl methyl sites for hydroxylation is 3. The summed E-state index contributed by atoms with van der Waals surface area (Å²) in [4.78, 5) is 103. The standard InChI is InChI=1S/C32H32N8O2.C26H27N7OS.C25H29N7O.C11H8N2O2S.C6H7NO/c1-21-7-8-23(35-32-37-27-5-3-4-6-29(27)42-32)19-28(21)40-14-13-26-25(30(40)41)20-33-31(36-26)34-22-9-11-24(12-10-22)39-17-15-38(2)16-18-39;1-18-3-4-20(28-17-35)15-24(18)33-10-9-23-22(25(33)34)16-27-26(30-23)29-19-5-7-21(8-6-19)32-13-11-31(2)12-14-32;1-17-3-4-18(26)15-23(17)32-10-9-22-21(24(32)33)16-27-25(29-22)28-19-5-7-20(8-6-19)31-13-11-30(2)12-14-31;16-11(14-9-5-1-3-7-12-9)15-10-6-2-4-8-13-10;7-5-3-1-2-4-6(5)8/h3-12,19-20H,13-18H2,1-2H3,(H,35,37)(H,33,34,36);3-8,15-16H,9-14H2,1-2H3,(H,27,29,30);3-8,15-16H,9-14,26H2,1-2H3,(H,27,28,29);1-8H;1-4,8H,7H2. The fraction of sp³-hybridized carbons (Fsp3) is 0.240. The molecule has 0 aliphatic carbocycles. The van der Waals surface area contributed by atoms with Gasteiger partial charge >= 0.3 is 5.24 Å². The van der Waals surface area contributed by atoms with E-state index in [1.165, 1.54) is 17.1 Å². The molecule has 6 aromatic heterocycles. The molecule has 0 atom stereocenters. The van der Waals surface area contributed by atoms with Gasteiger partial charge in [-0.3, -0.25) is 14.4 Å². The maximum atomic E-state index is 13.6. The Labute approximate surface area is 787 Å². The van der Waals surface area contributed by atoms with E-state index in [1.54, 1.807) is 106 Å². The third-order valence-corrected chi connectivity index (χ3v) is 23.8. The van der Waals surface area contributed by atoms with E-state index in [-0.39, 0.29) is 28.7 Å². The number of aromatic hydroxyl groups is 1. The van der Waals surface area contributed by atoms with Gasteiger partial charge in [-0.1, -0.05) is 54.6 Å². The molecule has 0 spiro atoms. The van der Waals surface area contributed by atoms with Crippen molar-refractivity contribution in [2.24, 2.45) is 4.99 Å². The molecule has 134 heavy (non-hydrogen) atoms. The summed E-state index contributed by atoms with van der Waals surface area (Å²) in [6.45, 7) is 20.2. The average Bonchev–Trinajstić information content (AvgIpc) is 1.11. The van der Waals surface area contributed by atoms with Crippen molar-refractivity contribution in [3.05, 3.63) is 294 Å². The Morgan fingerprint density at radius 2 is 0.813 bits per heavy atom. The van der Waals surface area contributed by atoms with Crippen LogP contribution in [0.15, 0.2) is 253 Å². The van der Waals surface area contributed by atoms with Gasteiger partial charge in [0.15, 0.2) is 5.58 Å². The molecule has 32 nitrogen and oxygen atoms in total. The van der Waals surface area contributed by atoms with Crippen LogP contribution in [0.2, 0.25) is 0 Å². The third-order valence-electron chi connectivity index (χ3n) is 23.5. The number of anilines is 16. The van der Waals surface area contributed by atoms with Crippen molar-refractivity contribution in [2.45, 2.75) is 40.0 Å². The van der Waals surface area contributed by atoms with Crippen LogP contribution < -0.4 is 71.6 Å². The maximum Gasteiger partial charge on any atom is 0.366 e. The summed E-state index contributed by atoms with van der Waals surface area (Å²) in [6, 6.07) is 67.5. The van der Waals surface area contributed by atoms with Gasteiger partial charge in [0.25, 0.3) is 23.7 Å². The number of likely N-dealkylation sites (N-methyl/N-ethyl adjacent to an activating group) is 3. The highest BCUT2D eigenvalue weighted by molar-refractivity contribution is 7.79. The monoisotopic (exact) mass is 1830 g/mol. The van der Waals surface area contributed by atoms with E-state index < -0.39 is 0 Å². The Morgan fingerprint density at radius 1 is 0.425 bits per heavy atom. The number of carbonyl (C=O) groups excluding carboxylic acids is 3. The largest absolute Gasteiger partial charge is 0.506 e. The number of nitrogens with zero attached hydrogens (tertiary/aromatic N) is 19. The number of nitrogens with one attached hydrogen (secondary N) is 4. The van der Waals surface area contributed by atoms with Crippen LogP contribution >= 0.6 is 24.4 Å².